The molecule has 2 aromatic carbocycles. The second-order valence-electron chi connectivity index (χ2n) is 5.65. The van der Waals surface area contributed by atoms with E-state index >= 15 is 0 Å². The highest BCUT2D eigenvalue weighted by molar-refractivity contribution is 5.88. The van der Waals surface area contributed by atoms with Crippen LogP contribution in [0.25, 0.3) is 32.9 Å². The van der Waals surface area contributed by atoms with Gasteiger partial charge < -0.3 is 15.3 Å². The van der Waals surface area contributed by atoms with Crippen molar-refractivity contribution in [2.75, 3.05) is 0 Å². The third-order valence-electron chi connectivity index (χ3n) is 4.14. The lowest BCUT2D eigenvalue weighted by atomic mass is 10.0. The molecule has 0 fully saturated rings. The van der Waals surface area contributed by atoms with Gasteiger partial charge in [-0.05, 0) is 40.8 Å². The number of aromatic amines is 1. The largest absolute Gasteiger partial charge is 0.341 e. The van der Waals surface area contributed by atoms with Crippen LogP contribution in [0.4, 0.5) is 0 Å². The average Bonchev–Trinajstić information content (AvgIpc) is 3.00. The predicted octanol–water partition coefficient (Wildman–Crippen LogP) is 2.54. The average molecular weight is 304 g/mol. The molecule has 0 aliphatic carbocycles. The molecule has 4 aromatic rings. The monoisotopic (exact) mass is 304 g/mol. The molecule has 5 nitrogen and oxygen atoms in total. The Bertz CT molecular complexity index is 1090. The van der Waals surface area contributed by atoms with Gasteiger partial charge in [-0.25, -0.2) is 4.98 Å². The lowest BCUT2D eigenvalue weighted by Crippen LogP contribution is -2.15. The highest BCUT2D eigenvalue weighted by Gasteiger charge is 2.07. The smallest absolute Gasteiger partial charge is 0.258 e. The molecule has 114 valence electrons. The molecule has 0 atom stereocenters. The summed E-state index contributed by atoms with van der Waals surface area (Å²) in [6, 6.07) is 13.9. The Kier molecular flexibility index (Phi) is 3.02. The van der Waals surface area contributed by atoms with E-state index in [9.17, 15) is 4.79 Å². The van der Waals surface area contributed by atoms with Gasteiger partial charge in [-0.1, -0.05) is 18.2 Å². The Morgan fingerprint density at radius 2 is 1.91 bits per heavy atom. The second-order valence-corrected chi connectivity index (χ2v) is 5.65. The number of nitrogens with two attached hydrogens (primary N) is 1. The fraction of sp³-hybridized carbons (Fsp3) is 0.111. The quantitative estimate of drug-likeness (QED) is 0.597. The van der Waals surface area contributed by atoms with E-state index < -0.39 is 0 Å². The Morgan fingerprint density at radius 3 is 2.74 bits per heavy atom. The van der Waals surface area contributed by atoms with Gasteiger partial charge in [-0.2, -0.15) is 0 Å². The number of nitrogens with zero attached hydrogens (tertiary/aromatic N) is 2. The van der Waals surface area contributed by atoms with Crippen LogP contribution in [0.5, 0.6) is 0 Å². The fourth-order valence-electron chi connectivity index (χ4n) is 2.85. The summed E-state index contributed by atoms with van der Waals surface area (Å²) in [7, 11) is 1.76. The first-order valence-electron chi connectivity index (χ1n) is 7.44. The van der Waals surface area contributed by atoms with Crippen LogP contribution in [-0.2, 0) is 13.6 Å². The summed E-state index contributed by atoms with van der Waals surface area (Å²) < 4.78 is 1.59. The molecule has 0 bridgehead atoms. The lowest BCUT2D eigenvalue weighted by molar-refractivity contribution is 0.873. The fourth-order valence-corrected chi connectivity index (χ4v) is 2.85. The number of aryl methyl sites for hydroxylation is 1. The van der Waals surface area contributed by atoms with Gasteiger partial charge in [-0.15, -0.1) is 0 Å². The minimum atomic E-state index is 0.0115. The van der Waals surface area contributed by atoms with Crippen molar-refractivity contribution in [3.8, 4) is 11.1 Å². The molecule has 0 spiro atoms. The van der Waals surface area contributed by atoms with Crippen molar-refractivity contribution >= 4 is 21.8 Å². The third kappa shape index (κ3) is 2.22. The van der Waals surface area contributed by atoms with E-state index in [1.807, 2.05) is 42.5 Å². The maximum atomic E-state index is 12.3. The van der Waals surface area contributed by atoms with Crippen molar-refractivity contribution in [1.82, 2.24) is 14.5 Å². The maximum absolute atomic E-state index is 12.3. The number of pyridine rings is 1. The molecule has 2 heterocycles. The number of nitrogens with one attached hydrogen (secondary N) is 1. The molecule has 2 aromatic heterocycles. The molecule has 0 aliphatic rings. The van der Waals surface area contributed by atoms with Crippen LogP contribution in [-0.4, -0.2) is 14.5 Å². The maximum Gasteiger partial charge on any atom is 0.258 e. The Morgan fingerprint density at radius 1 is 1.13 bits per heavy atom. The van der Waals surface area contributed by atoms with Crippen LogP contribution in [0.3, 0.4) is 0 Å². The molecule has 4 rings (SSSR count). The number of H-pyrrole nitrogens is 1. The highest BCUT2D eigenvalue weighted by atomic mass is 16.1. The molecule has 3 N–H and O–H groups in total. The predicted molar refractivity (Wildman–Crippen MR) is 92.2 cm³/mol. The Balaban J connectivity index is 1.91. The lowest BCUT2D eigenvalue weighted by Gasteiger charge is -2.05. The number of hydrogen-bond acceptors (Lipinski definition) is 3. The zero-order valence-corrected chi connectivity index (χ0v) is 12.7. The van der Waals surface area contributed by atoms with E-state index in [2.05, 4.69) is 9.97 Å². The zero-order valence-electron chi connectivity index (χ0n) is 12.7. The van der Waals surface area contributed by atoms with Gasteiger partial charge in [0.25, 0.3) is 5.56 Å². The minimum Gasteiger partial charge on any atom is -0.341 e. The summed E-state index contributed by atoms with van der Waals surface area (Å²) in [5, 5.41) is 1.67. The van der Waals surface area contributed by atoms with Crippen LogP contribution in [0.1, 0.15) is 5.82 Å². The zero-order chi connectivity index (χ0) is 16.0. The van der Waals surface area contributed by atoms with Crippen molar-refractivity contribution in [3.05, 3.63) is 64.8 Å². The van der Waals surface area contributed by atoms with Gasteiger partial charge in [0.2, 0.25) is 0 Å². The third-order valence-corrected chi connectivity index (χ3v) is 4.14. The van der Waals surface area contributed by atoms with Crippen LogP contribution < -0.4 is 11.3 Å². The molecule has 0 radical (unpaired) electrons. The number of fused-ring (bicyclic) bond motifs is 2. The van der Waals surface area contributed by atoms with Gasteiger partial charge >= 0.3 is 0 Å². The SMILES string of the molecule is Cn1ccc2ccc(-c3ccc4nc(CN)[nH]c4c3)cc2c1=O. The normalized spacial score (nSPS) is 11.4. The molecule has 0 amide bonds. The molecule has 23 heavy (non-hydrogen) atoms. The first-order chi connectivity index (χ1) is 11.2. The van der Waals surface area contributed by atoms with E-state index in [-0.39, 0.29) is 5.56 Å². The molecule has 0 saturated carbocycles. The topological polar surface area (TPSA) is 76.7 Å². The summed E-state index contributed by atoms with van der Waals surface area (Å²) in [4.78, 5) is 19.9. The van der Waals surface area contributed by atoms with Crippen molar-refractivity contribution in [2.24, 2.45) is 12.8 Å². The molecule has 0 saturated heterocycles. The summed E-state index contributed by atoms with van der Waals surface area (Å²) in [5.41, 5.74) is 9.52. The first-order valence-corrected chi connectivity index (χ1v) is 7.44. The van der Waals surface area contributed by atoms with Crippen LogP contribution >= 0.6 is 0 Å². The van der Waals surface area contributed by atoms with Gasteiger partial charge in [0.05, 0.1) is 17.6 Å². The summed E-state index contributed by atoms with van der Waals surface area (Å²) in [6.07, 6.45) is 1.79. The van der Waals surface area contributed by atoms with Crippen LogP contribution in [0.15, 0.2) is 53.5 Å². The molecule has 0 unspecified atom stereocenters. The summed E-state index contributed by atoms with van der Waals surface area (Å²) in [5.74, 6) is 0.768. The molecular weight excluding hydrogens is 288 g/mol. The molecule has 5 heteroatoms. The van der Waals surface area contributed by atoms with Crippen molar-refractivity contribution < 1.29 is 0 Å². The number of aromatic nitrogens is 3. The van der Waals surface area contributed by atoms with E-state index in [0.717, 1.165) is 38.8 Å². The standard InChI is InChI=1S/C18H16N4O/c1-22-7-6-11-2-3-12(8-14(11)18(22)23)13-4-5-15-16(9-13)21-17(10-19)20-15/h2-9H,10,19H2,1H3,(H,20,21). The van der Waals surface area contributed by atoms with Gasteiger partial charge in [0.1, 0.15) is 5.82 Å². The van der Waals surface area contributed by atoms with Crippen molar-refractivity contribution in [2.45, 2.75) is 6.54 Å². The minimum absolute atomic E-state index is 0.0115. The van der Waals surface area contributed by atoms with Gasteiger partial charge in [0.15, 0.2) is 0 Å². The molecule has 0 aliphatic heterocycles. The van der Waals surface area contributed by atoms with E-state index in [1.165, 1.54) is 0 Å². The van der Waals surface area contributed by atoms with E-state index in [4.69, 9.17) is 5.73 Å². The van der Waals surface area contributed by atoms with Crippen LogP contribution in [0.2, 0.25) is 0 Å². The number of hydrogen-bond donors (Lipinski definition) is 2. The summed E-state index contributed by atoms with van der Waals surface area (Å²) >= 11 is 0. The second kappa shape index (κ2) is 5.07. The highest BCUT2D eigenvalue weighted by Crippen LogP contribution is 2.25. The Labute approximate surface area is 132 Å². The van der Waals surface area contributed by atoms with E-state index in [0.29, 0.717) is 6.54 Å². The number of benzene rings is 2. The van der Waals surface area contributed by atoms with Crippen molar-refractivity contribution in [3.63, 3.8) is 0 Å². The first kappa shape index (κ1) is 13.7. The van der Waals surface area contributed by atoms with Gasteiger partial charge in [-0.3, -0.25) is 4.79 Å². The Hall–Kier alpha value is -2.92. The van der Waals surface area contributed by atoms with Crippen molar-refractivity contribution in [1.29, 1.82) is 0 Å². The van der Waals surface area contributed by atoms with Gasteiger partial charge in [0, 0.05) is 18.6 Å². The van der Waals surface area contributed by atoms with E-state index in [1.54, 1.807) is 17.8 Å². The van der Waals surface area contributed by atoms with Crippen LogP contribution in [0, 0.1) is 0 Å². The number of rotatable bonds is 2. The number of imidazole rings is 1. The summed E-state index contributed by atoms with van der Waals surface area (Å²) in [6.45, 7) is 0.385. The molecular formula is C18H16N4O.